The summed E-state index contributed by atoms with van der Waals surface area (Å²) >= 11 is 1.26. The quantitative estimate of drug-likeness (QED) is 0.477. The maximum absolute atomic E-state index is 7.98. The molecule has 26 heavy (non-hydrogen) atoms. The van der Waals surface area contributed by atoms with Gasteiger partial charge in [-0.25, -0.2) is 4.99 Å². The minimum Gasteiger partial charge on any atom is -0.387 e. The number of nitrogens with two attached hydrogens (primary N) is 1. The monoisotopic (exact) mass is 362 g/mol. The van der Waals surface area contributed by atoms with Gasteiger partial charge >= 0.3 is 0 Å². The Morgan fingerprint density at radius 3 is 2.85 bits per heavy atom. The third-order valence-corrected chi connectivity index (χ3v) is 4.53. The van der Waals surface area contributed by atoms with Gasteiger partial charge in [0.05, 0.1) is 21.8 Å². The van der Waals surface area contributed by atoms with Crippen LogP contribution in [0.15, 0.2) is 59.7 Å². The van der Waals surface area contributed by atoms with Gasteiger partial charge in [0, 0.05) is 18.0 Å². The minimum absolute atomic E-state index is 0.0101. The number of aryl methyl sites for hydroxylation is 1. The van der Waals surface area contributed by atoms with Crippen LogP contribution >= 0.6 is 11.5 Å². The van der Waals surface area contributed by atoms with E-state index in [9.17, 15) is 0 Å². The second-order valence-electron chi connectivity index (χ2n) is 5.78. The van der Waals surface area contributed by atoms with Gasteiger partial charge in [0.25, 0.3) is 0 Å². The summed E-state index contributed by atoms with van der Waals surface area (Å²) < 4.78 is 4.14. The Morgan fingerprint density at radius 2 is 2.08 bits per heavy atom. The van der Waals surface area contributed by atoms with Crippen LogP contribution in [0.2, 0.25) is 0 Å². The maximum atomic E-state index is 7.98. The van der Waals surface area contributed by atoms with Crippen molar-refractivity contribution in [3.8, 4) is 0 Å². The number of aliphatic imine (C=N–C) groups is 1. The summed E-state index contributed by atoms with van der Waals surface area (Å²) in [5.41, 5.74) is 9.09. The zero-order chi connectivity index (χ0) is 18.5. The number of rotatable bonds is 5. The molecule has 2 aromatic heterocycles. The lowest BCUT2D eigenvalue weighted by molar-refractivity contribution is 1.28. The first-order valence-corrected chi connectivity index (χ1v) is 8.74. The van der Waals surface area contributed by atoms with Crippen molar-refractivity contribution < 1.29 is 0 Å². The minimum atomic E-state index is 0.0101. The van der Waals surface area contributed by atoms with Gasteiger partial charge in [0.1, 0.15) is 11.7 Å². The summed E-state index contributed by atoms with van der Waals surface area (Å²) in [5, 5.41) is 16.9. The molecular weight excluding hydrogens is 344 g/mol. The predicted octanol–water partition coefficient (Wildman–Crippen LogP) is 3.50. The lowest BCUT2D eigenvalue weighted by Crippen LogP contribution is -2.16. The zero-order valence-corrected chi connectivity index (χ0v) is 15.0. The molecule has 0 bridgehead atoms. The van der Waals surface area contributed by atoms with Crippen molar-refractivity contribution in [3.05, 3.63) is 70.9 Å². The average Bonchev–Trinajstić information content (AvgIpc) is 3.06. The van der Waals surface area contributed by atoms with Crippen molar-refractivity contribution in [1.82, 2.24) is 9.36 Å². The molecule has 0 aliphatic carbocycles. The van der Waals surface area contributed by atoms with Gasteiger partial charge in [0.15, 0.2) is 0 Å². The van der Waals surface area contributed by atoms with Crippen molar-refractivity contribution in [2.45, 2.75) is 13.3 Å². The number of nitrogens with one attached hydrogen (secondary N) is 2. The highest BCUT2D eigenvalue weighted by atomic mass is 32.1. The molecule has 0 saturated heterocycles. The Bertz CT molecular complexity index is 1030. The molecule has 6 nitrogen and oxygen atoms in total. The van der Waals surface area contributed by atoms with E-state index in [4.69, 9.17) is 16.6 Å². The van der Waals surface area contributed by atoms with Gasteiger partial charge in [-0.2, -0.15) is 4.37 Å². The molecule has 0 amide bonds. The highest BCUT2D eigenvalue weighted by Gasteiger charge is 2.03. The van der Waals surface area contributed by atoms with Crippen LogP contribution < -0.4 is 5.73 Å². The zero-order valence-electron chi connectivity index (χ0n) is 14.2. The number of fused-ring (bicyclic) bond motifs is 1. The summed E-state index contributed by atoms with van der Waals surface area (Å²) in [5.74, 6) is 0.360. The second kappa shape index (κ2) is 7.79. The highest BCUT2D eigenvalue weighted by molar-refractivity contribution is 7.08. The van der Waals surface area contributed by atoms with E-state index in [1.54, 1.807) is 6.20 Å². The van der Waals surface area contributed by atoms with Crippen LogP contribution in [0.3, 0.4) is 0 Å². The summed E-state index contributed by atoms with van der Waals surface area (Å²) in [6, 6.07) is 11.7. The number of hydrogen-bond donors (Lipinski definition) is 3. The molecular formula is C19H18N6S. The number of aromatic nitrogens is 2. The molecule has 0 saturated carbocycles. The van der Waals surface area contributed by atoms with Crippen molar-refractivity contribution >= 4 is 39.8 Å². The highest BCUT2D eigenvalue weighted by Crippen LogP contribution is 2.14. The topological polar surface area (TPSA) is 112 Å². The van der Waals surface area contributed by atoms with Crippen LogP contribution in [-0.2, 0) is 6.42 Å². The van der Waals surface area contributed by atoms with Gasteiger partial charge in [-0.15, -0.1) is 0 Å². The maximum Gasteiger partial charge on any atom is 0.146 e. The van der Waals surface area contributed by atoms with E-state index in [1.165, 1.54) is 23.7 Å². The summed E-state index contributed by atoms with van der Waals surface area (Å²) in [4.78, 5) is 9.14. The summed E-state index contributed by atoms with van der Waals surface area (Å²) in [6.45, 7) is 1.88. The number of allylic oxidation sites excluding steroid dienone is 1. The molecule has 0 radical (unpaired) electrons. The number of amidine groups is 2. The fraction of sp³-hybridized carbons (Fsp3) is 0.105. The number of hydrogen-bond acceptors (Lipinski definition) is 5. The van der Waals surface area contributed by atoms with Crippen molar-refractivity contribution in [2.75, 3.05) is 0 Å². The molecule has 3 aromatic rings. The van der Waals surface area contributed by atoms with Crippen LogP contribution in [-0.4, -0.2) is 26.7 Å². The SMILES string of the molecule is Cc1cc(C(=N)/C=C\C(=N)N=C(N)Cc2ccc3ncccc3c2)sn1. The standard InChI is InChI=1S/C19H18N6S/c1-12-9-17(26-25-12)15(20)5-7-18(21)24-19(22)11-13-4-6-16-14(10-13)3-2-8-23-16/h2-10,20H,11H2,1H3,(H3,21,22,24)/b7-5-,20-15?. The molecule has 7 heteroatoms. The Balaban J connectivity index is 1.65. The summed E-state index contributed by atoms with van der Waals surface area (Å²) in [7, 11) is 0. The van der Waals surface area contributed by atoms with Crippen LogP contribution in [0.25, 0.3) is 10.9 Å². The average molecular weight is 362 g/mol. The molecule has 3 rings (SSSR count). The smallest absolute Gasteiger partial charge is 0.146 e. The summed E-state index contributed by atoms with van der Waals surface area (Å²) in [6.07, 6.45) is 5.21. The predicted molar refractivity (Wildman–Crippen MR) is 108 cm³/mol. The number of benzene rings is 1. The first kappa shape index (κ1) is 17.6. The van der Waals surface area contributed by atoms with Crippen LogP contribution in [0.5, 0.6) is 0 Å². The van der Waals surface area contributed by atoms with E-state index in [0.29, 0.717) is 18.0 Å². The molecule has 2 heterocycles. The molecule has 0 aliphatic rings. The number of nitrogens with zero attached hydrogens (tertiary/aromatic N) is 3. The molecule has 1 aromatic carbocycles. The van der Waals surface area contributed by atoms with Crippen LogP contribution in [0.4, 0.5) is 0 Å². The van der Waals surface area contributed by atoms with E-state index in [0.717, 1.165) is 27.0 Å². The van der Waals surface area contributed by atoms with E-state index in [-0.39, 0.29) is 5.84 Å². The Kier molecular flexibility index (Phi) is 5.28. The largest absolute Gasteiger partial charge is 0.387 e. The van der Waals surface area contributed by atoms with Crippen molar-refractivity contribution in [3.63, 3.8) is 0 Å². The van der Waals surface area contributed by atoms with E-state index in [2.05, 4.69) is 14.3 Å². The Morgan fingerprint density at radius 1 is 1.23 bits per heavy atom. The molecule has 0 aliphatic heterocycles. The Labute approximate surface area is 155 Å². The molecule has 0 atom stereocenters. The van der Waals surface area contributed by atoms with Gasteiger partial charge in [-0.05, 0) is 60.4 Å². The second-order valence-corrected chi connectivity index (χ2v) is 6.58. The third-order valence-electron chi connectivity index (χ3n) is 3.62. The van der Waals surface area contributed by atoms with Crippen LogP contribution in [0.1, 0.15) is 16.1 Å². The van der Waals surface area contributed by atoms with E-state index >= 15 is 0 Å². The van der Waals surface area contributed by atoms with Crippen molar-refractivity contribution in [2.24, 2.45) is 10.7 Å². The molecule has 4 N–H and O–H groups in total. The Hall–Kier alpha value is -3.19. The van der Waals surface area contributed by atoms with Gasteiger partial charge < -0.3 is 5.73 Å². The normalized spacial score (nSPS) is 12.0. The lowest BCUT2D eigenvalue weighted by atomic mass is 10.1. The van der Waals surface area contributed by atoms with Crippen molar-refractivity contribution in [1.29, 1.82) is 10.8 Å². The fourth-order valence-corrected chi connectivity index (χ4v) is 3.10. The first-order chi connectivity index (χ1) is 12.5. The van der Waals surface area contributed by atoms with E-state index < -0.39 is 0 Å². The third kappa shape index (κ3) is 4.46. The number of pyridine rings is 1. The molecule has 0 spiro atoms. The first-order valence-electron chi connectivity index (χ1n) is 7.97. The molecule has 0 unspecified atom stereocenters. The van der Waals surface area contributed by atoms with E-state index in [1.807, 2.05) is 43.3 Å². The molecule has 130 valence electrons. The fourth-order valence-electron chi connectivity index (χ4n) is 2.41. The lowest BCUT2D eigenvalue weighted by Gasteiger charge is -2.03. The van der Waals surface area contributed by atoms with Crippen LogP contribution in [0, 0.1) is 17.7 Å². The molecule has 0 fully saturated rings. The van der Waals surface area contributed by atoms with Gasteiger partial charge in [-0.1, -0.05) is 12.1 Å². The van der Waals surface area contributed by atoms with Gasteiger partial charge in [0.2, 0.25) is 0 Å². The van der Waals surface area contributed by atoms with Gasteiger partial charge in [-0.3, -0.25) is 15.8 Å².